The van der Waals surface area contributed by atoms with Crippen LogP contribution in [-0.2, 0) is 4.79 Å². The zero-order valence-corrected chi connectivity index (χ0v) is 16.9. The Morgan fingerprint density at radius 2 is 1.89 bits per heavy atom. The first-order valence-corrected chi connectivity index (χ1v) is 9.45. The summed E-state index contributed by atoms with van der Waals surface area (Å²) >= 11 is 1.26. The summed E-state index contributed by atoms with van der Waals surface area (Å²) < 4.78 is 12.3. The zero-order valence-electron chi connectivity index (χ0n) is 16.0. The number of anilines is 1. The van der Waals surface area contributed by atoms with Gasteiger partial charge in [0.2, 0.25) is 11.1 Å². The minimum absolute atomic E-state index is 0.180. The van der Waals surface area contributed by atoms with E-state index < -0.39 is 5.25 Å². The van der Waals surface area contributed by atoms with Crippen LogP contribution < -0.4 is 14.8 Å². The van der Waals surface area contributed by atoms with Crippen molar-refractivity contribution in [2.24, 2.45) is 0 Å². The van der Waals surface area contributed by atoms with Crippen molar-refractivity contribution in [2.75, 3.05) is 19.5 Å². The molecule has 8 nitrogen and oxygen atoms in total. The number of hydrogen-bond donors (Lipinski definition) is 1. The molecule has 1 aromatic heterocycles. The van der Waals surface area contributed by atoms with Crippen LogP contribution in [0.25, 0.3) is 5.69 Å². The van der Waals surface area contributed by atoms with E-state index in [0.29, 0.717) is 28.0 Å². The number of benzene rings is 2. The maximum Gasteiger partial charge on any atom is 0.237 e. The van der Waals surface area contributed by atoms with Gasteiger partial charge in [-0.2, -0.15) is 4.68 Å². The highest BCUT2D eigenvalue weighted by Crippen LogP contribution is 2.30. The van der Waals surface area contributed by atoms with E-state index in [2.05, 4.69) is 20.8 Å². The summed E-state index contributed by atoms with van der Waals surface area (Å²) in [6.07, 6.45) is 0. The molecule has 0 aliphatic rings. The molecule has 1 heterocycles. The molecule has 0 radical (unpaired) electrons. The van der Waals surface area contributed by atoms with Crippen LogP contribution in [-0.4, -0.2) is 45.6 Å². The molecule has 146 valence electrons. The first-order chi connectivity index (χ1) is 13.5. The summed E-state index contributed by atoms with van der Waals surface area (Å²) in [7, 11) is 3.15. The number of nitrogens with one attached hydrogen (secondary N) is 1. The topological polar surface area (TPSA) is 91.2 Å². The smallest absolute Gasteiger partial charge is 0.237 e. The third-order valence-corrected chi connectivity index (χ3v) is 5.05. The Bertz CT molecular complexity index is 976. The van der Waals surface area contributed by atoms with E-state index in [-0.39, 0.29) is 5.91 Å². The largest absolute Gasteiger partial charge is 0.495 e. The second kappa shape index (κ2) is 8.75. The fraction of sp³-hybridized carbons (Fsp3) is 0.263. The molecule has 0 unspecified atom stereocenters. The number of methoxy groups -OCH3 is 2. The van der Waals surface area contributed by atoms with E-state index in [1.165, 1.54) is 11.8 Å². The molecule has 2 aromatic carbocycles. The first-order valence-electron chi connectivity index (χ1n) is 8.57. The maximum atomic E-state index is 12.6. The van der Waals surface area contributed by atoms with Crippen molar-refractivity contribution in [3.63, 3.8) is 0 Å². The van der Waals surface area contributed by atoms with Gasteiger partial charge in [-0.05, 0) is 54.1 Å². The quantitative estimate of drug-likeness (QED) is 0.610. The van der Waals surface area contributed by atoms with Crippen molar-refractivity contribution in [2.45, 2.75) is 24.3 Å². The summed E-state index contributed by atoms with van der Waals surface area (Å²) in [6, 6.07) is 13.0. The molecule has 3 rings (SSSR count). The summed E-state index contributed by atoms with van der Waals surface area (Å²) in [5.74, 6) is 1.06. The SMILES string of the molecule is COc1ccccc1NC(=O)[C@@H](C)Sc1nnnn1-c1cc(C)ccc1OC. The number of amides is 1. The van der Waals surface area contributed by atoms with Crippen LogP contribution in [0.15, 0.2) is 47.6 Å². The molecule has 0 fully saturated rings. The predicted molar refractivity (Wildman–Crippen MR) is 107 cm³/mol. The molecule has 1 amide bonds. The van der Waals surface area contributed by atoms with Crippen LogP contribution in [0.4, 0.5) is 5.69 Å². The van der Waals surface area contributed by atoms with Gasteiger partial charge in [0.1, 0.15) is 17.2 Å². The van der Waals surface area contributed by atoms with Gasteiger partial charge in [0, 0.05) is 0 Å². The third-order valence-electron chi connectivity index (χ3n) is 4.02. The molecule has 9 heteroatoms. The number of carbonyl (C=O) groups excluding carboxylic acids is 1. The van der Waals surface area contributed by atoms with E-state index in [9.17, 15) is 4.79 Å². The van der Waals surface area contributed by atoms with Crippen LogP contribution in [0.5, 0.6) is 11.5 Å². The lowest BCUT2D eigenvalue weighted by Gasteiger charge is -2.14. The minimum Gasteiger partial charge on any atom is -0.495 e. The van der Waals surface area contributed by atoms with Crippen molar-refractivity contribution in [1.82, 2.24) is 20.2 Å². The van der Waals surface area contributed by atoms with Gasteiger partial charge in [-0.25, -0.2) is 0 Å². The summed E-state index contributed by atoms with van der Waals surface area (Å²) in [4.78, 5) is 12.6. The average Bonchev–Trinajstić information content (AvgIpc) is 3.16. The molecule has 0 bridgehead atoms. The second-order valence-electron chi connectivity index (χ2n) is 6.00. The van der Waals surface area contributed by atoms with Gasteiger partial charge in [-0.1, -0.05) is 30.0 Å². The second-order valence-corrected chi connectivity index (χ2v) is 7.31. The van der Waals surface area contributed by atoms with Gasteiger partial charge in [-0.15, -0.1) is 5.10 Å². The van der Waals surface area contributed by atoms with Crippen molar-refractivity contribution in [1.29, 1.82) is 0 Å². The molecule has 0 aliphatic heterocycles. The van der Waals surface area contributed by atoms with Gasteiger partial charge in [0.15, 0.2) is 0 Å². The monoisotopic (exact) mass is 399 g/mol. The Hall–Kier alpha value is -3.07. The highest BCUT2D eigenvalue weighted by atomic mass is 32.2. The van der Waals surface area contributed by atoms with Crippen molar-refractivity contribution in [3.05, 3.63) is 48.0 Å². The van der Waals surface area contributed by atoms with Crippen LogP contribution in [0.2, 0.25) is 0 Å². The molecular weight excluding hydrogens is 378 g/mol. The maximum absolute atomic E-state index is 12.6. The lowest BCUT2D eigenvalue weighted by atomic mass is 10.2. The van der Waals surface area contributed by atoms with E-state index in [1.54, 1.807) is 38.0 Å². The van der Waals surface area contributed by atoms with Crippen molar-refractivity contribution < 1.29 is 14.3 Å². The fourth-order valence-corrected chi connectivity index (χ4v) is 3.36. The Morgan fingerprint density at radius 1 is 1.14 bits per heavy atom. The Balaban J connectivity index is 1.79. The third kappa shape index (κ3) is 4.25. The van der Waals surface area contributed by atoms with E-state index in [0.717, 1.165) is 5.56 Å². The van der Waals surface area contributed by atoms with Crippen LogP contribution in [0, 0.1) is 6.92 Å². The first kappa shape index (κ1) is 19.7. The van der Waals surface area contributed by atoms with Crippen molar-refractivity contribution >= 4 is 23.4 Å². The molecule has 0 saturated heterocycles. The van der Waals surface area contributed by atoms with E-state index >= 15 is 0 Å². The molecule has 0 saturated carbocycles. The summed E-state index contributed by atoms with van der Waals surface area (Å²) in [6.45, 7) is 3.77. The number of nitrogens with zero attached hydrogens (tertiary/aromatic N) is 4. The van der Waals surface area contributed by atoms with Gasteiger partial charge in [0.05, 0.1) is 25.2 Å². The lowest BCUT2D eigenvalue weighted by Crippen LogP contribution is -2.23. The van der Waals surface area contributed by atoms with Gasteiger partial charge < -0.3 is 14.8 Å². The number of thioether (sulfide) groups is 1. The minimum atomic E-state index is -0.439. The van der Waals surface area contributed by atoms with Gasteiger partial charge >= 0.3 is 0 Å². The predicted octanol–water partition coefficient (Wildman–Crippen LogP) is 3.11. The molecular formula is C19H21N5O3S. The zero-order chi connectivity index (χ0) is 20.1. The highest BCUT2D eigenvalue weighted by molar-refractivity contribution is 8.00. The number of hydrogen-bond acceptors (Lipinski definition) is 7. The van der Waals surface area contributed by atoms with E-state index in [4.69, 9.17) is 9.47 Å². The van der Waals surface area contributed by atoms with Crippen LogP contribution >= 0.6 is 11.8 Å². The number of aryl methyl sites for hydroxylation is 1. The fourth-order valence-electron chi connectivity index (χ4n) is 2.56. The normalized spacial score (nSPS) is 11.7. The Morgan fingerprint density at radius 3 is 2.64 bits per heavy atom. The number of rotatable bonds is 7. The standard InChI is InChI=1S/C19H21N5O3S/c1-12-9-10-17(27-4)15(11-12)24-19(21-22-23-24)28-13(2)18(25)20-14-7-5-6-8-16(14)26-3/h5-11,13H,1-4H3,(H,20,25)/t13-/m1/s1. The van der Waals surface area contributed by atoms with Crippen LogP contribution in [0.3, 0.4) is 0 Å². The lowest BCUT2D eigenvalue weighted by molar-refractivity contribution is -0.115. The number of ether oxygens (including phenoxy) is 2. The highest BCUT2D eigenvalue weighted by Gasteiger charge is 2.21. The Labute approximate surface area is 167 Å². The molecule has 3 aromatic rings. The number of tetrazole rings is 1. The van der Waals surface area contributed by atoms with Gasteiger partial charge in [-0.3, -0.25) is 4.79 Å². The molecule has 1 N–H and O–H groups in total. The summed E-state index contributed by atoms with van der Waals surface area (Å²) in [5, 5.41) is 14.8. The van der Waals surface area contributed by atoms with Gasteiger partial charge in [0.25, 0.3) is 0 Å². The molecule has 28 heavy (non-hydrogen) atoms. The number of aromatic nitrogens is 4. The van der Waals surface area contributed by atoms with E-state index in [1.807, 2.05) is 37.3 Å². The Kier molecular flexibility index (Phi) is 6.15. The van der Waals surface area contributed by atoms with Crippen LogP contribution in [0.1, 0.15) is 12.5 Å². The molecule has 0 aliphatic carbocycles. The summed E-state index contributed by atoms with van der Waals surface area (Å²) in [5.41, 5.74) is 2.37. The molecule has 1 atom stereocenters. The average molecular weight is 399 g/mol. The van der Waals surface area contributed by atoms with Crippen molar-refractivity contribution in [3.8, 4) is 17.2 Å². The molecule has 0 spiro atoms. The number of para-hydroxylation sites is 2. The number of carbonyl (C=O) groups is 1.